The van der Waals surface area contributed by atoms with Gasteiger partial charge in [0.05, 0.1) is 0 Å². The van der Waals surface area contributed by atoms with E-state index in [1.165, 1.54) is 0 Å². The van der Waals surface area contributed by atoms with Gasteiger partial charge in [0.25, 0.3) is 0 Å². The lowest BCUT2D eigenvalue weighted by Crippen LogP contribution is -1.86. The molecule has 6 rings (SSSR count). The van der Waals surface area contributed by atoms with E-state index in [1.54, 1.807) is 12.1 Å². The summed E-state index contributed by atoms with van der Waals surface area (Å²) in [5.74, 6) is 0.400. The van der Waals surface area contributed by atoms with Crippen LogP contribution in [-0.4, -0.2) is 10.2 Å². The summed E-state index contributed by atoms with van der Waals surface area (Å²) in [7, 11) is 0. The van der Waals surface area contributed by atoms with Crippen LogP contribution in [0.15, 0.2) is 109 Å². The molecule has 0 spiro atoms. The molecule has 0 aliphatic heterocycles. The topological polar surface area (TPSA) is 40.5 Å². The van der Waals surface area contributed by atoms with Crippen LogP contribution in [0, 0.1) is 0 Å². The van der Waals surface area contributed by atoms with Gasteiger partial charge in [-0.3, -0.25) is 0 Å². The molecule has 0 saturated heterocycles. The van der Waals surface area contributed by atoms with Crippen molar-refractivity contribution in [1.82, 2.24) is 0 Å². The van der Waals surface area contributed by atoms with Crippen molar-refractivity contribution in [2.75, 3.05) is 0 Å². The molecule has 0 radical (unpaired) electrons. The second-order valence-electron chi connectivity index (χ2n) is 8.14. The zero-order valence-electron chi connectivity index (χ0n) is 17.3. The lowest BCUT2D eigenvalue weighted by molar-refractivity contribution is 0.476. The Morgan fingerprint density at radius 1 is 0.344 bits per heavy atom. The van der Waals surface area contributed by atoms with Crippen molar-refractivity contribution in [1.29, 1.82) is 0 Å². The molecule has 0 heterocycles. The van der Waals surface area contributed by atoms with Crippen molar-refractivity contribution < 1.29 is 10.2 Å². The average Bonchev–Trinajstić information content (AvgIpc) is 2.83. The molecule has 0 unspecified atom stereocenters. The second-order valence-corrected chi connectivity index (χ2v) is 8.14. The molecule has 0 saturated carbocycles. The van der Waals surface area contributed by atoms with Gasteiger partial charge in [-0.2, -0.15) is 0 Å². The molecule has 6 aromatic carbocycles. The quantitative estimate of drug-likeness (QED) is 0.303. The molecule has 0 aliphatic carbocycles. The van der Waals surface area contributed by atoms with Crippen molar-refractivity contribution in [2.45, 2.75) is 0 Å². The fourth-order valence-corrected chi connectivity index (χ4v) is 4.68. The third-order valence-corrected chi connectivity index (χ3v) is 6.23. The minimum atomic E-state index is 0.200. The van der Waals surface area contributed by atoms with Crippen LogP contribution >= 0.6 is 0 Å². The predicted molar refractivity (Wildman–Crippen MR) is 133 cm³/mol. The van der Waals surface area contributed by atoms with E-state index in [2.05, 4.69) is 36.4 Å². The Kier molecular flexibility index (Phi) is 4.12. The molecule has 0 aliphatic rings. The maximum Gasteiger partial charge on any atom is 0.124 e. The Labute approximate surface area is 185 Å². The van der Waals surface area contributed by atoms with E-state index in [-0.39, 0.29) is 11.5 Å². The summed E-state index contributed by atoms with van der Waals surface area (Å²) in [5.41, 5.74) is 3.54. The molecular weight excluding hydrogens is 392 g/mol. The Morgan fingerprint density at radius 2 is 0.750 bits per heavy atom. The molecule has 0 amide bonds. The SMILES string of the molecule is Oc1cc2cc(O)c(-c3cccc4ccccc34)cc2cc1-c1cccc2ccccc12. The molecule has 0 bridgehead atoms. The standard InChI is InChI=1S/C30H20O2/c31-29-17-22-18-30(32)28(26-14-6-10-20-8-2-4-12-24(20)26)16-21(22)15-27(29)25-13-5-9-19-7-1-3-11-23(19)25/h1-18,31-32H. The number of benzene rings is 6. The molecule has 2 heteroatoms. The lowest BCUT2D eigenvalue weighted by Gasteiger charge is -2.13. The van der Waals surface area contributed by atoms with Crippen LogP contribution < -0.4 is 0 Å². The Balaban J connectivity index is 1.61. The first-order chi connectivity index (χ1) is 15.7. The van der Waals surface area contributed by atoms with Gasteiger partial charge < -0.3 is 10.2 Å². The largest absolute Gasteiger partial charge is 0.507 e. The van der Waals surface area contributed by atoms with E-state index in [9.17, 15) is 10.2 Å². The van der Waals surface area contributed by atoms with Crippen LogP contribution in [0.4, 0.5) is 0 Å². The molecule has 0 atom stereocenters. The number of fused-ring (bicyclic) bond motifs is 3. The first kappa shape index (κ1) is 18.5. The summed E-state index contributed by atoms with van der Waals surface area (Å²) in [4.78, 5) is 0. The number of aromatic hydroxyl groups is 2. The van der Waals surface area contributed by atoms with Crippen molar-refractivity contribution in [3.8, 4) is 33.8 Å². The van der Waals surface area contributed by atoms with E-state index in [1.807, 2.05) is 60.7 Å². The fraction of sp³-hybridized carbons (Fsp3) is 0. The van der Waals surface area contributed by atoms with Crippen LogP contribution in [0.1, 0.15) is 0 Å². The molecule has 0 aromatic heterocycles. The maximum atomic E-state index is 10.9. The Bertz CT molecular complexity index is 1520. The summed E-state index contributed by atoms with van der Waals surface area (Å²) >= 11 is 0. The number of hydrogen-bond acceptors (Lipinski definition) is 2. The first-order valence-corrected chi connectivity index (χ1v) is 10.6. The van der Waals surface area contributed by atoms with Gasteiger partial charge in [-0.05, 0) is 67.7 Å². The summed E-state index contributed by atoms with van der Waals surface area (Å²) in [6, 6.07) is 36.1. The summed E-state index contributed by atoms with van der Waals surface area (Å²) in [6.45, 7) is 0. The lowest BCUT2D eigenvalue weighted by atomic mass is 9.92. The van der Waals surface area contributed by atoms with Gasteiger partial charge in [-0.1, -0.05) is 84.9 Å². The highest BCUT2D eigenvalue weighted by Gasteiger charge is 2.14. The monoisotopic (exact) mass is 412 g/mol. The number of phenolic OH excluding ortho intramolecular Hbond substituents is 2. The third-order valence-electron chi connectivity index (χ3n) is 6.23. The molecular formula is C30H20O2. The molecule has 152 valence electrons. The van der Waals surface area contributed by atoms with E-state index < -0.39 is 0 Å². The van der Waals surface area contributed by atoms with Crippen molar-refractivity contribution in [3.63, 3.8) is 0 Å². The van der Waals surface area contributed by atoms with Gasteiger partial charge in [-0.15, -0.1) is 0 Å². The van der Waals surface area contributed by atoms with E-state index >= 15 is 0 Å². The Hall–Kier alpha value is -4.30. The zero-order chi connectivity index (χ0) is 21.7. The minimum Gasteiger partial charge on any atom is -0.507 e. The molecule has 2 nitrogen and oxygen atoms in total. The number of phenols is 2. The number of hydrogen-bond donors (Lipinski definition) is 2. The van der Waals surface area contributed by atoms with Gasteiger partial charge in [0.15, 0.2) is 0 Å². The minimum absolute atomic E-state index is 0.200. The average molecular weight is 412 g/mol. The van der Waals surface area contributed by atoms with Crippen LogP contribution in [0.2, 0.25) is 0 Å². The summed E-state index contributed by atoms with van der Waals surface area (Å²) < 4.78 is 0. The molecule has 6 aromatic rings. The molecule has 2 N–H and O–H groups in total. The van der Waals surface area contributed by atoms with Crippen LogP contribution in [0.25, 0.3) is 54.6 Å². The van der Waals surface area contributed by atoms with Gasteiger partial charge >= 0.3 is 0 Å². The highest BCUT2D eigenvalue weighted by Crippen LogP contribution is 2.41. The second kappa shape index (κ2) is 7.14. The van der Waals surface area contributed by atoms with Gasteiger partial charge in [-0.25, -0.2) is 0 Å². The van der Waals surface area contributed by atoms with Crippen LogP contribution in [0.5, 0.6) is 11.5 Å². The highest BCUT2D eigenvalue weighted by molar-refractivity contribution is 6.04. The predicted octanol–water partition coefficient (Wildman–Crippen LogP) is 7.89. The molecule has 0 fully saturated rings. The smallest absolute Gasteiger partial charge is 0.124 e. The molecule has 32 heavy (non-hydrogen) atoms. The summed E-state index contributed by atoms with van der Waals surface area (Å²) in [6.07, 6.45) is 0. The van der Waals surface area contributed by atoms with E-state index in [0.29, 0.717) is 0 Å². The van der Waals surface area contributed by atoms with E-state index in [4.69, 9.17) is 0 Å². The maximum absolute atomic E-state index is 10.9. The third kappa shape index (κ3) is 2.89. The normalized spacial score (nSPS) is 11.4. The van der Waals surface area contributed by atoms with Gasteiger partial charge in [0.2, 0.25) is 0 Å². The van der Waals surface area contributed by atoms with E-state index in [0.717, 1.165) is 54.6 Å². The highest BCUT2D eigenvalue weighted by atomic mass is 16.3. The van der Waals surface area contributed by atoms with Crippen molar-refractivity contribution >= 4 is 32.3 Å². The van der Waals surface area contributed by atoms with Crippen molar-refractivity contribution in [2.24, 2.45) is 0 Å². The number of rotatable bonds is 2. The van der Waals surface area contributed by atoms with Crippen LogP contribution in [-0.2, 0) is 0 Å². The zero-order valence-corrected chi connectivity index (χ0v) is 17.3. The summed E-state index contributed by atoms with van der Waals surface area (Å²) in [5, 5.41) is 27.9. The Morgan fingerprint density at radius 3 is 1.25 bits per heavy atom. The fourth-order valence-electron chi connectivity index (χ4n) is 4.68. The van der Waals surface area contributed by atoms with Gasteiger partial charge in [0.1, 0.15) is 11.5 Å². The van der Waals surface area contributed by atoms with Crippen molar-refractivity contribution in [3.05, 3.63) is 109 Å². The first-order valence-electron chi connectivity index (χ1n) is 10.6. The van der Waals surface area contributed by atoms with Crippen LogP contribution in [0.3, 0.4) is 0 Å². The van der Waals surface area contributed by atoms with Gasteiger partial charge in [0, 0.05) is 11.1 Å².